The van der Waals surface area contributed by atoms with Gasteiger partial charge in [-0.3, -0.25) is 4.79 Å². The van der Waals surface area contributed by atoms with Crippen molar-refractivity contribution in [3.05, 3.63) is 53.9 Å². The molecule has 0 bridgehead atoms. The summed E-state index contributed by atoms with van der Waals surface area (Å²) in [5.41, 5.74) is 3.24. The maximum atomic E-state index is 12.1. The van der Waals surface area contributed by atoms with Crippen LogP contribution in [0, 0.1) is 6.92 Å². The molecule has 0 aliphatic heterocycles. The molecular weight excluding hydrogens is 276 g/mol. The molecule has 5 heteroatoms. The van der Waals surface area contributed by atoms with E-state index in [1.807, 2.05) is 51.4 Å². The largest absolute Gasteiger partial charge is 0.383 e. The number of carbonyl (C=O) groups excluding carboxylic acids is 1. The molecule has 0 radical (unpaired) electrons. The molecule has 0 unspecified atom stereocenters. The van der Waals surface area contributed by atoms with E-state index >= 15 is 0 Å². The number of benzene rings is 1. The summed E-state index contributed by atoms with van der Waals surface area (Å²) in [6, 6.07) is 11.3. The molecule has 1 aromatic heterocycles. The Kier molecular flexibility index (Phi) is 5.49. The first-order valence-corrected chi connectivity index (χ1v) is 7.27. The molecule has 1 aromatic carbocycles. The van der Waals surface area contributed by atoms with E-state index < -0.39 is 0 Å². The lowest BCUT2D eigenvalue weighted by molar-refractivity contribution is 0.102. The highest BCUT2D eigenvalue weighted by atomic mass is 16.1. The summed E-state index contributed by atoms with van der Waals surface area (Å²) in [5.74, 6) is -0.205. The van der Waals surface area contributed by atoms with Gasteiger partial charge in [-0.15, -0.1) is 0 Å². The highest BCUT2D eigenvalue weighted by Gasteiger charge is 2.07. The standard InChI is InChI=1S/C17H22N4O/c1-13-4-6-14(7-5-13)20-17(22)16-9-8-15(12-19-16)18-10-11-21(2)3/h4-9,12,18H,10-11H2,1-3H3,(H,20,22). The van der Waals surface area contributed by atoms with Crippen LogP contribution >= 0.6 is 0 Å². The quantitative estimate of drug-likeness (QED) is 0.861. The van der Waals surface area contributed by atoms with Crippen LogP contribution in [0.4, 0.5) is 11.4 Å². The van der Waals surface area contributed by atoms with Crippen LogP contribution in [-0.2, 0) is 0 Å². The van der Waals surface area contributed by atoms with E-state index in [-0.39, 0.29) is 5.91 Å². The van der Waals surface area contributed by atoms with Crippen LogP contribution in [0.3, 0.4) is 0 Å². The van der Waals surface area contributed by atoms with Gasteiger partial charge in [-0.05, 0) is 45.3 Å². The second-order valence-corrected chi connectivity index (χ2v) is 5.48. The first kappa shape index (κ1) is 16.0. The Labute approximate surface area is 131 Å². The molecule has 2 rings (SSSR count). The summed E-state index contributed by atoms with van der Waals surface area (Å²) >= 11 is 0. The summed E-state index contributed by atoms with van der Waals surface area (Å²) in [7, 11) is 4.05. The van der Waals surface area contributed by atoms with Crippen molar-refractivity contribution in [1.29, 1.82) is 0 Å². The van der Waals surface area contributed by atoms with Crippen LogP contribution in [0.1, 0.15) is 16.1 Å². The molecule has 0 saturated heterocycles. The van der Waals surface area contributed by atoms with E-state index in [9.17, 15) is 4.79 Å². The van der Waals surface area contributed by atoms with Crippen molar-refractivity contribution in [2.24, 2.45) is 0 Å². The fourth-order valence-corrected chi connectivity index (χ4v) is 1.89. The molecule has 2 aromatic rings. The predicted molar refractivity (Wildman–Crippen MR) is 90.4 cm³/mol. The van der Waals surface area contributed by atoms with E-state index in [4.69, 9.17) is 0 Å². The normalized spacial score (nSPS) is 10.5. The first-order valence-electron chi connectivity index (χ1n) is 7.27. The summed E-state index contributed by atoms with van der Waals surface area (Å²) in [4.78, 5) is 18.4. The minimum absolute atomic E-state index is 0.205. The van der Waals surface area contributed by atoms with Gasteiger partial charge in [0.2, 0.25) is 0 Å². The van der Waals surface area contributed by atoms with E-state index in [1.54, 1.807) is 12.3 Å². The van der Waals surface area contributed by atoms with Crippen LogP contribution in [0.25, 0.3) is 0 Å². The van der Waals surface area contributed by atoms with E-state index in [2.05, 4.69) is 20.5 Å². The zero-order valence-corrected chi connectivity index (χ0v) is 13.3. The number of likely N-dealkylation sites (N-methyl/N-ethyl adjacent to an activating group) is 1. The summed E-state index contributed by atoms with van der Waals surface area (Å²) in [5, 5.41) is 6.10. The van der Waals surface area contributed by atoms with Gasteiger partial charge in [-0.1, -0.05) is 17.7 Å². The van der Waals surface area contributed by atoms with Crippen LogP contribution < -0.4 is 10.6 Å². The third-order valence-corrected chi connectivity index (χ3v) is 3.19. The number of pyridine rings is 1. The number of amides is 1. The monoisotopic (exact) mass is 298 g/mol. The smallest absolute Gasteiger partial charge is 0.274 e. The van der Waals surface area contributed by atoms with Crippen molar-refractivity contribution in [2.75, 3.05) is 37.8 Å². The molecule has 0 atom stereocenters. The van der Waals surface area contributed by atoms with Gasteiger partial charge < -0.3 is 15.5 Å². The zero-order chi connectivity index (χ0) is 15.9. The number of aromatic nitrogens is 1. The number of nitrogens with one attached hydrogen (secondary N) is 2. The van der Waals surface area contributed by atoms with Crippen LogP contribution in [0.5, 0.6) is 0 Å². The van der Waals surface area contributed by atoms with Gasteiger partial charge >= 0.3 is 0 Å². The molecular formula is C17H22N4O. The Bertz CT molecular complexity index is 606. The molecule has 5 nitrogen and oxygen atoms in total. The summed E-state index contributed by atoms with van der Waals surface area (Å²) < 4.78 is 0. The highest BCUT2D eigenvalue weighted by molar-refractivity contribution is 6.02. The molecule has 0 fully saturated rings. The number of nitrogens with zero attached hydrogens (tertiary/aromatic N) is 2. The number of hydrogen-bond donors (Lipinski definition) is 2. The SMILES string of the molecule is Cc1ccc(NC(=O)c2ccc(NCCN(C)C)cn2)cc1. The Morgan fingerprint density at radius 2 is 1.77 bits per heavy atom. The Hall–Kier alpha value is -2.40. The van der Waals surface area contributed by atoms with Crippen molar-refractivity contribution in [3.63, 3.8) is 0 Å². The summed E-state index contributed by atoms with van der Waals surface area (Å²) in [6.45, 7) is 3.79. The Balaban J connectivity index is 1.91. The number of carbonyl (C=O) groups is 1. The lowest BCUT2D eigenvalue weighted by Gasteiger charge is -2.11. The van der Waals surface area contributed by atoms with E-state index in [0.717, 1.165) is 30.0 Å². The second-order valence-electron chi connectivity index (χ2n) is 5.48. The van der Waals surface area contributed by atoms with Gasteiger partial charge in [0.1, 0.15) is 5.69 Å². The van der Waals surface area contributed by atoms with E-state index in [0.29, 0.717) is 5.69 Å². The minimum atomic E-state index is -0.205. The molecule has 2 N–H and O–H groups in total. The van der Waals surface area contributed by atoms with Crippen molar-refractivity contribution < 1.29 is 4.79 Å². The number of anilines is 2. The molecule has 0 spiro atoms. The molecule has 0 aliphatic carbocycles. The molecule has 0 saturated carbocycles. The predicted octanol–water partition coefficient (Wildman–Crippen LogP) is 2.62. The van der Waals surface area contributed by atoms with Gasteiger partial charge in [0.15, 0.2) is 0 Å². The first-order chi connectivity index (χ1) is 10.5. The maximum absolute atomic E-state index is 12.1. The maximum Gasteiger partial charge on any atom is 0.274 e. The fourth-order valence-electron chi connectivity index (χ4n) is 1.89. The van der Waals surface area contributed by atoms with Crippen molar-refractivity contribution in [2.45, 2.75) is 6.92 Å². The minimum Gasteiger partial charge on any atom is -0.383 e. The third kappa shape index (κ3) is 4.86. The van der Waals surface area contributed by atoms with E-state index in [1.165, 1.54) is 0 Å². The molecule has 22 heavy (non-hydrogen) atoms. The topological polar surface area (TPSA) is 57.3 Å². The van der Waals surface area contributed by atoms with Crippen LogP contribution in [0.15, 0.2) is 42.6 Å². The molecule has 1 heterocycles. The van der Waals surface area contributed by atoms with Crippen LogP contribution in [0.2, 0.25) is 0 Å². The van der Waals surface area contributed by atoms with Crippen molar-refractivity contribution >= 4 is 17.3 Å². The summed E-state index contributed by atoms with van der Waals surface area (Å²) in [6.07, 6.45) is 1.68. The van der Waals surface area contributed by atoms with Gasteiger partial charge in [-0.2, -0.15) is 0 Å². The number of aryl methyl sites for hydroxylation is 1. The lowest BCUT2D eigenvalue weighted by Crippen LogP contribution is -2.21. The van der Waals surface area contributed by atoms with Crippen LogP contribution in [-0.4, -0.2) is 43.0 Å². The zero-order valence-electron chi connectivity index (χ0n) is 13.3. The number of rotatable bonds is 6. The Morgan fingerprint density at radius 1 is 1.09 bits per heavy atom. The molecule has 116 valence electrons. The lowest BCUT2D eigenvalue weighted by atomic mass is 10.2. The number of hydrogen-bond acceptors (Lipinski definition) is 4. The van der Waals surface area contributed by atoms with Crippen molar-refractivity contribution in [3.8, 4) is 0 Å². The van der Waals surface area contributed by atoms with Gasteiger partial charge in [0.25, 0.3) is 5.91 Å². The van der Waals surface area contributed by atoms with Gasteiger partial charge in [0, 0.05) is 18.8 Å². The Morgan fingerprint density at radius 3 is 2.36 bits per heavy atom. The average Bonchev–Trinajstić information content (AvgIpc) is 2.50. The average molecular weight is 298 g/mol. The third-order valence-electron chi connectivity index (χ3n) is 3.19. The molecule has 1 amide bonds. The molecule has 0 aliphatic rings. The van der Waals surface area contributed by atoms with Gasteiger partial charge in [0.05, 0.1) is 11.9 Å². The van der Waals surface area contributed by atoms with Crippen molar-refractivity contribution in [1.82, 2.24) is 9.88 Å². The van der Waals surface area contributed by atoms with Gasteiger partial charge in [-0.25, -0.2) is 4.98 Å². The fraction of sp³-hybridized carbons (Fsp3) is 0.294. The highest BCUT2D eigenvalue weighted by Crippen LogP contribution is 2.11. The second kappa shape index (κ2) is 7.56.